The molecule has 0 nitrogen and oxygen atoms in total. The number of thiophene rings is 1. The van der Waals surface area contributed by atoms with E-state index in [0.29, 0.717) is 0 Å². The van der Waals surface area contributed by atoms with Crippen molar-refractivity contribution in [1.29, 1.82) is 0 Å². The summed E-state index contributed by atoms with van der Waals surface area (Å²) in [7, 11) is 0. The van der Waals surface area contributed by atoms with Gasteiger partial charge in [-0.1, -0.05) is 182 Å². The van der Waals surface area contributed by atoms with E-state index in [1.807, 2.05) is 0 Å². The summed E-state index contributed by atoms with van der Waals surface area (Å²) in [6, 6.07) is 64.2. The molecular weight excluding hydrogens is 609 g/mol. The summed E-state index contributed by atoms with van der Waals surface area (Å²) in [6.45, 7) is 0. The van der Waals surface area contributed by atoms with Crippen LogP contribution in [0.3, 0.4) is 0 Å². The third-order valence-corrected chi connectivity index (χ3v) is 9.38. The Labute approximate surface area is 294 Å². The van der Waals surface area contributed by atoms with Gasteiger partial charge in [-0.25, -0.2) is 0 Å². The van der Waals surface area contributed by atoms with Crippen molar-refractivity contribution in [3.63, 3.8) is 0 Å². The van der Waals surface area contributed by atoms with Crippen LogP contribution in [0.25, 0.3) is 47.6 Å². The van der Waals surface area contributed by atoms with Gasteiger partial charge in [-0.3, -0.25) is 0 Å². The van der Waals surface area contributed by atoms with Gasteiger partial charge in [-0.15, -0.1) is 11.3 Å². The minimum atomic E-state index is 1.18. The Morgan fingerprint density at radius 2 is 0.571 bits per heavy atom. The zero-order valence-electron chi connectivity index (χ0n) is 27.2. The fourth-order valence-corrected chi connectivity index (χ4v) is 6.60. The number of rotatable bonds is 10. The predicted molar refractivity (Wildman–Crippen MR) is 215 cm³/mol. The van der Waals surface area contributed by atoms with Crippen LogP contribution in [0.15, 0.2) is 182 Å². The summed E-state index contributed by atoms with van der Waals surface area (Å²) in [6.07, 6.45) is 13.3. The molecule has 0 amide bonds. The number of hydrogen-bond donors (Lipinski definition) is 0. The van der Waals surface area contributed by atoms with Crippen LogP contribution in [-0.2, 0) is 0 Å². The van der Waals surface area contributed by atoms with E-state index in [4.69, 9.17) is 0 Å². The highest BCUT2D eigenvalue weighted by Gasteiger charge is 2.06. The van der Waals surface area contributed by atoms with Crippen LogP contribution < -0.4 is 0 Å². The molecule has 0 aliphatic heterocycles. The summed E-state index contributed by atoms with van der Waals surface area (Å²) < 4.78 is 0. The van der Waals surface area contributed by atoms with E-state index in [9.17, 15) is 0 Å². The second kappa shape index (κ2) is 15.7. The molecule has 0 aliphatic carbocycles. The Morgan fingerprint density at radius 3 is 0.878 bits per heavy atom. The van der Waals surface area contributed by atoms with E-state index in [1.54, 1.807) is 11.3 Å². The van der Waals surface area contributed by atoms with Gasteiger partial charge < -0.3 is 0 Å². The van der Waals surface area contributed by atoms with E-state index in [-0.39, 0.29) is 0 Å². The van der Waals surface area contributed by atoms with Crippen molar-refractivity contribution >= 4 is 58.9 Å². The van der Waals surface area contributed by atoms with Crippen molar-refractivity contribution < 1.29 is 0 Å². The van der Waals surface area contributed by atoms with E-state index in [1.165, 1.54) is 65.4 Å². The largest absolute Gasteiger partial charge is 0.137 e. The number of hydrogen-bond acceptors (Lipinski definition) is 1. The maximum Gasteiger partial charge on any atom is 0.0276 e. The average molecular weight is 645 g/mol. The molecular formula is C48H36S. The van der Waals surface area contributed by atoms with Gasteiger partial charge in [0.1, 0.15) is 0 Å². The van der Waals surface area contributed by atoms with Gasteiger partial charge in [0, 0.05) is 9.75 Å². The average Bonchev–Trinajstić information content (AvgIpc) is 3.64. The lowest BCUT2D eigenvalue weighted by molar-refractivity contribution is 1.55. The molecule has 0 bridgehead atoms. The minimum Gasteiger partial charge on any atom is -0.137 e. The lowest BCUT2D eigenvalue weighted by Gasteiger charge is -2.09. The summed E-state index contributed by atoms with van der Waals surface area (Å²) in [5.41, 5.74) is 12.0. The molecule has 0 aliphatic rings. The second-order valence-electron chi connectivity index (χ2n) is 11.8. The summed E-state index contributed by atoms with van der Waals surface area (Å²) >= 11 is 1.79. The molecule has 1 heterocycles. The first kappa shape index (κ1) is 31.6. The molecule has 7 aromatic rings. The van der Waals surface area contributed by atoms with Crippen molar-refractivity contribution in [2.45, 2.75) is 0 Å². The summed E-state index contributed by atoms with van der Waals surface area (Å²) in [5.74, 6) is 0. The van der Waals surface area contributed by atoms with Crippen LogP contribution in [0, 0.1) is 0 Å². The SMILES string of the molecule is C(=C(c1ccccc1)c1ccccc1)c1ccc(/C=C/c2ccc(/C=C/c3ccc(C=C(c4ccccc4)c4ccccc4)cc3)s2)cc1. The molecule has 49 heavy (non-hydrogen) atoms. The Morgan fingerprint density at radius 1 is 0.286 bits per heavy atom. The highest BCUT2D eigenvalue weighted by Crippen LogP contribution is 2.28. The quantitative estimate of drug-likeness (QED) is 0.130. The molecule has 0 saturated heterocycles. The van der Waals surface area contributed by atoms with Crippen molar-refractivity contribution in [3.8, 4) is 0 Å². The number of benzene rings is 6. The molecule has 0 N–H and O–H groups in total. The Kier molecular flexibility index (Phi) is 10.1. The van der Waals surface area contributed by atoms with Crippen LogP contribution >= 0.6 is 11.3 Å². The molecule has 0 atom stereocenters. The first-order chi connectivity index (χ1) is 24.3. The zero-order chi connectivity index (χ0) is 33.1. The molecule has 234 valence electrons. The van der Waals surface area contributed by atoms with Gasteiger partial charge in [-0.05, 0) is 92.1 Å². The van der Waals surface area contributed by atoms with Crippen molar-refractivity contribution in [2.24, 2.45) is 0 Å². The monoisotopic (exact) mass is 644 g/mol. The minimum absolute atomic E-state index is 1.18. The Bertz CT molecular complexity index is 1950. The third-order valence-electron chi connectivity index (χ3n) is 8.36. The van der Waals surface area contributed by atoms with Crippen molar-refractivity contribution in [2.75, 3.05) is 0 Å². The Balaban J connectivity index is 1.01. The molecule has 1 aromatic heterocycles. The Hall–Kier alpha value is -6.02. The van der Waals surface area contributed by atoms with Crippen LogP contribution in [-0.4, -0.2) is 0 Å². The topological polar surface area (TPSA) is 0 Å². The van der Waals surface area contributed by atoms with E-state index < -0.39 is 0 Å². The van der Waals surface area contributed by atoms with Gasteiger partial charge in [0.25, 0.3) is 0 Å². The molecule has 7 rings (SSSR count). The zero-order valence-corrected chi connectivity index (χ0v) is 28.0. The second-order valence-corrected chi connectivity index (χ2v) is 13.0. The summed E-state index contributed by atoms with van der Waals surface area (Å²) in [4.78, 5) is 2.46. The lowest BCUT2D eigenvalue weighted by Crippen LogP contribution is -1.88. The van der Waals surface area contributed by atoms with E-state index in [0.717, 1.165) is 0 Å². The van der Waals surface area contributed by atoms with Crippen molar-refractivity contribution in [3.05, 3.63) is 236 Å². The third kappa shape index (κ3) is 8.48. The smallest absolute Gasteiger partial charge is 0.0276 e. The van der Waals surface area contributed by atoms with E-state index >= 15 is 0 Å². The summed E-state index contributed by atoms with van der Waals surface area (Å²) in [5, 5.41) is 0. The molecule has 0 radical (unpaired) electrons. The van der Waals surface area contributed by atoms with Gasteiger partial charge in [0.2, 0.25) is 0 Å². The van der Waals surface area contributed by atoms with Crippen LogP contribution in [0.5, 0.6) is 0 Å². The highest BCUT2D eigenvalue weighted by atomic mass is 32.1. The van der Waals surface area contributed by atoms with Crippen LogP contribution in [0.4, 0.5) is 0 Å². The molecule has 0 unspecified atom stereocenters. The first-order valence-electron chi connectivity index (χ1n) is 16.6. The van der Waals surface area contributed by atoms with Crippen molar-refractivity contribution in [1.82, 2.24) is 0 Å². The van der Waals surface area contributed by atoms with Gasteiger partial charge >= 0.3 is 0 Å². The van der Waals surface area contributed by atoms with E-state index in [2.05, 4.69) is 218 Å². The lowest BCUT2D eigenvalue weighted by atomic mass is 9.95. The van der Waals surface area contributed by atoms with Gasteiger partial charge in [0.05, 0.1) is 0 Å². The van der Waals surface area contributed by atoms with Gasteiger partial charge in [-0.2, -0.15) is 0 Å². The predicted octanol–water partition coefficient (Wildman–Crippen LogP) is 13.3. The maximum absolute atomic E-state index is 2.27. The molecule has 0 fully saturated rings. The highest BCUT2D eigenvalue weighted by molar-refractivity contribution is 7.13. The van der Waals surface area contributed by atoms with Crippen LogP contribution in [0.1, 0.15) is 54.3 Å². The molecule has 0 spiro atoms. The fraction of sp³-hybridized carbons (Fsp3) is 0. The molecule has 0 saturated carbocycles. The molecule has 6 aromatic carbocycles. The maximum atomic E-state index is 2.27. The fourth-order valence-electron chi connectivity index (χ4n) is 5.78. The standard InChI is InChI=1S/C48H36S/c1-5-13-41(14-6-1)47(42-15-7-2-8-16-42)35-39-25-21-37(22-26-39)29-31-45-33-34-46(49-45)32-30-38-23-27-40(28-24-38)36-48(43-17-9-3-10-18-43)44-19-11-4-12-20-44/h1-36H/b31-29+,32-30+. The van der Waals surface area contributed by atoms with Gasteiger partial charge in [0.15, 0.2) is 0 Å². The first-order valence-corrected chi connectivity index (χ1v) is 17.4. The molecule has 1 heteroatoms. The normalized spacial score (nSPS) is 11.1. The van der Waals surface area contributed by atoms with Crippen LogP contribution in [0.2, 0.25) is 0 Å².